The second-order valence-electron chi connectivity index (χ2n) is 5.93. The number of nitrogens with zero attached hydrogens (tertiary/aromatic N) is 2. The van der Waals surface area contributed by atoms with Gasteiger partial charge in [0.25, 0.3) is 5.91 Å². The number of aromatic nitrogens is 1. The summed E-state index contributed by atoms with van der Waals surface area (Å²) in [4.78, 5) is 26.5. The molecule has 5 heteroatoms. The standard InChI is InChI=1S/C19H24N2O3/c1-6-24-19(23)17-13(2)16(18(22)20(4)5)14(3)21(17)12-15-10-8-7-9-11-15/h7-11H,6,12H2,1-5H3. The summed E-state index contributed by atoms with van der Waals surface area (Å²) < 4.78 is 7.09. The quantitative estimate of drug-likeness (QED) is 0.793. The molecule has 0 saturated heterocycles. The van der Waals surface area contributed by atoms with Crippen LogP contribution in [0.25, 0.3) is 0 Å². The van der Waals surface area contributed by atoms with Gasteiger partial charge >= 0.3 is 5.97 Å². The zero-order chi connectivity index (χ0) is 17.9. The van der Waals surface area contributed by atoms with Crippen LogP contribution in [0.5, 0.6) is 0 Å². The van der Waals surface area contributed by atoms with Gasteiger partial charge in [-0.25, -0.2) is 4.79 Å². The number of esters is 1. The number of rotatable bonds is 5. The zero-order valence-electron chi connectivity index (χ0n) is 14.9. The molecule has 0 bridgehead atoms. The molecule has 0 aliphatic carbocycles. The lowest BCUT2D eigenvalue weighted by Crippen LogP contribution is -2.23. The number of hydrogen-bond donors (Lipinski definition) is 0. The van der Waals surface area contributed by atoms with E-state index in [4.69, 9.17) is 4.74 Å². The third-order valence-corrected chi connectivity index (χ3v) is 4.04. The molecule has 0 fully saturated rings. The van der Waals surface area contributed by atoms with Gasteiger partial charge in [-0.1, -0.05) is 30.3 Å². The summed E-state index contributed by atoms with van der Waals surface area (Å²) in [6, 6.07) is 9.85. The van der Waals surface area contributed by atoms with Crippen molar-refractivity contribution in [2.75, 3.05) is 20.7 Å². The number of benzene rings is 1. The molecular formula is C19H24N2O3. The van der Waals surface area contributed by atoms with Crippen LogP contribution in [0.15, 0.2) is 30.3 Å². The number of ether oxygens (including phenoxy) is 1. The van der Waals surface area contributed by atoms with Crippen molar-refractivity contribution in [2.24, 2.45) is 0 Å². The maximum absolute atomic E-state index is 12.5. The van der Waals surface area contributed by atoms with Gasteiger partial charge in [-0.3, -0.25) is 4.79 Å². The molecule has 0 unspecified atom stereocenters. The van der Waals surface area contributed by atoms with E-state index in [1.54, 1.807) is 27.9 Å². The van der Waals surface area contributed by atoms with Gasteiger partial charge in [0.15, 0.2) is 0 Å². The van der Waals surface area contributed by atoms with Crippen molar-refractivity contribution in [1.82, 2.24) is 9.47 Å². The lowest BCUT2D eigenvalue weighted by atomic mass is 10.1. The first-order chi connectivity index (χ1) is 11.4. The summed E-state index contributed by atoms with van der Waals surface area (Å²) >= 11 is 0. The average molecular weight is 328 g/mol. The van der Waals surface area contributed by atoms with E-state index in [2.05, 4.69) is 0 Å². The number of amides is 1. The summed E-state index contributed by atoms with van der Waals surface area (Å²) in [5, 5.41) is 0. The van der Waals surface area contributed by atoms with E-state index in [-0.39, 0.29) is 5.91 Å². The van der Waals surface area contributed by atoms with Crippen molar-refractivity contribution < 1.29 is 14.3 Å². The highest BCUT2D eigenvalue weighted by Gasteiger charge is 2.27. The maximum atomic E-state index is 12.5. The normalized spacial score (nSPS) is 10.5. The zero-order valence-corrected chi connectivity index (χ0v) is 14.9. The van der Waals surface area contributed by atoms with E-state index >= 15 is 0 Å². The fraction of sp³-hybridized carbons (Fsp3) is 0.368. The van der Waals surface area contributed by atoms with Gasteiger partial charge in [0.05, 0.1) is 12.2 Å². The molecule has 0 aliphatic rings. The van der Waals surface area contributed by atoms with Crippen LogP contribution in [-0.2, 0) is 11.3 Å². The second kappa shape index (κ2) is 7.34. The van der Waals surface area contributed by atoms with Crippen LogP contribution in [-0.4, -0.2) is 42.0 Å². The van der Waals surface area contributed by atoms with Crippen molar-refractivity contribution >= 4 is 11.9 Å². The number of hydrogen-bond acceptors (Lipinski definition) is 3. The summed E-state index contributed by atoms with van der Waals surface area (Å²) in [5.74, 6) is -0.505. The Balaban J connectivity index is 2.60. The highest BCUT2D eigenvalue weighted by molar-refractivity contribution is 6.01. The molecule has 5 nitrogen and oxygen atoms in total. The van der Waals surface area contributed by atoms with Gasteiger partial charge in [0.2, 0.25) is 0 Å². The molecule has 128 valence electrons. The van der Waals surface area contributed by atoms with Crippen molar-refractivity contribution in [2.45, 2.75) is 27.3 Å². The monoisotopic (exact) mass is 328 g/mol. The van der Waals surface area contributed by atoms with Gasteiger partial charge < -0.3 is 14.2 Å². The van der Waals surface area contributed by atoms with Gasteiger partial charge in [0, 0.05) is 26.3 Å². The molecule has 2 rings (SSSR count). The van der Waals surface area contributed by atoms with Gasteiger partial charge in [-0.2, -0.15) is 0 Å². The Morgan fingerprint density at radius 3 is 2.29 bits per heavy atom. The van der Waals surface area contributed by atoms with Gasteiger partial charge in [-0.15, -0.1) is 0 Å². The van der Waals surface area contributed by atoms with Crippen molar-refractivity contribution in [3.63, 3.8) is 0 Å². The summed E-state index contributed by atoms with van der Waals surface area (Å²) in [6.07, 6.45) is 0. The molecule has 2 aromatic rings. The van der Waals surface area contributed by atoms with Crippen LogP contribution >= 0.6 is 0 Å². The summed E-state index contributed by atoms with van der Waals surface area (Å²) in [7, 11) is 3.42. The van der Waals surface area contributed by atoms with Crippen LogP contribution in [0.3, 0.4) is 0 Å². The van der Waals surface area contributed by atoms with E-state index in [9.17, 15) is 9.59 Å². The van der Waals surface area contributed by atoms with Crippen molar-refractivity contribution in [1.29, 1.82) is 0 Å². The Kier molecular flexibility index (Phi) is 5.44. The van der Waals surface area contributed by atoms with Crippen LogP contribution in [0, 0.1) is 13.8 Å². The Labute approximate surface area is 142 Å². The fourth-order valence-electron chi connectivity index (χ4n) is 2.86. The van der Waals surface area contributed by atoms with Gasteiger partial charge in [-0.05, 0) is 31.9 Å². The molecule has 0 aliphatic heterocycles. The smallest absolute Gasteiger partial charge is 0.355 e. The molecule has 24 heavy (non-hydrogen) atoms. The Hall–Kier alpha value is -2.56. The first kappa shape index (κ1) is 17.8. The molecule has 0 spiro atoms. The van der Waals surface area contributed by atoms with Crippen molar-refractivity contribution in [3.8, 4) is 0 Å². The second-order valence-corrected chi connectivity index (χ2v) is 5.93. The largest absolute Gasteiger partial charge is 0.461 e. The number of carbonyl (C=O) groups is 2. The highest BCUT2D eigenvalue weighted by Crippen LogP contribution is 2.25. The molecule has 1 aromatic carbocycles. The van der Waals surface area contributed by atoms with Crippen LogP contribution in [0.4, 0.5) is 0 Å². The summed E-state index contributed by atoms with van der Waals surface area (Å²) in [5.41, 5.74) is 3.52. The molecule has 0 radical (unpaired) electrons. The van der Waals surface area contributed by atoms with Crippen LogP contribution < -0.4 is 0 Å². The van der Waals surface area contributed by atoms with Crippen molar-refractivity contribution in [3.05, 3.63) is 58.4 Å². The topological polar surface area (TPSA) is 51.5 Å². The first-order valence-electron chi connectivity index (χ1n) is 8.00. The molecule has 1 aromatic heterocycles. The lowest BCUT2D eigenvalue weighted by molar-refractivity contribution is 0.0513. The number of carbonyl (C=O) groups excluding carboxylic acids is 2. The third kappa shape index (κ3) is 3.35. The van der Waals surface area contributed by atoms with Crippen LogP contribution in [0.2, 0.25) is 0 Å². The predicted molar refractivity (Wildman–Crippen MR) is 93.4 cm³/mol. The third-order valence-electron chi connectivity index (χ3n) is 4.04. The molecule has 0 atom stereocenters. The lowest BCUT2D eigenvalue weighted by Gasteiger charge is -2.12. The molecule has 1 amide bonds. The SMILES string of the molecule is CCOC(=O)c1c(C)c(C(=O)N(C)C)c(C)n1Cc1ccccc1. The fourth-order valence-corrected chi connectivity index (χ4v) is 2.86. The summed E-state index contributed by atoms with van der Waals surface area (Å²) in [6.45, 7) is 6.26. The van der Waals surface area contributed by atoms with E-state index in [0.29, 0.717) is 30.0 Å². The Bertz CT molecular complexity index is 746. The van der Waals surface area contributed by atoms with E-state index < -0.39 is 5.97 Å². The highest BCUT2D eigenvalue weighted by atomic mass is 16.5. The minimum Gasteiger partial charge on any atom is -0.461 e. The molecule has 0 saturated carbocycles. The maximum Gasteiger partial charge on any atom is 0.355 e. The van der Waals surface area contributed by atoms with E-state index in [1.165, 1.54) is 4.90 Å². The van der Waals surface area contributed by atoms with Gasteiger partial charge in [0.1, 0.15) is 5.69 Å². The van der Waals surface area contributed by atoms with E-state index in [1.807, 2.05) is 41.8 Å². The van der Waals surface area contributed by atoms with E-state index in [0.717, 1.165) is 11.3 Å². The molecule has 0 N–H and O–H groups in total. The minimum absolute atomic E-state index is 0.109. The molecular weight excluding hydrogens is 304 g/mol. The predicted octanol–water partition coefficient (Wildman–Crippen LogP) is 3.03. The average Bonchev–Trinajstić information content (AvgIpc) is 2.78. The first-order valence-corrected chi connectivity index (χ1v) is 8.00. The Morgan fingerprint density at radius 2 is 1.75 bits per heavy atom. The van der Waals surface area contributed by atoms with Crippen LogP contribution in [0.1, 0.15) is 44.6 Å². The minimum atomic E-state index is -0.396. The Morgan fingerprint density at radius 1 is 1.12 bits per heavy atom. The molecule has 1 heterocycles.